The summed E-state index contributed by atoms with van der Waals surface area (Å²) in [5.41, 5.74) is 0. The number of carbonyl (C=O) groups is 2. The van der Waals surface area contributed by atoms with Crippen molar-refractivity contribution in [3.05, 3.63) is 28.3 Å². The van der Waals surface area contributed by atoms with Gasteiger partial charge in [-0.05, 0) is 28.8 Å². The molecular weight excluding hydrogens is 362 g/mol. The molecule has 1 aliphatic rings. The maximum absolute atomic E-state index is 10.5. The van der Waals surface area contributed by atoms with Crippen molar-refractivity contribution in [2.75, 3.05) is 18.0 Å². The lowest BCUT2D eigenvalue weighted by atomic mass is 10.4. The molecule has 0 unspecified atom stereocenters. The second-order valence-electron chi connectivity index (χ2n) is 4.37. The number of carboxylic acids is 2. The van der Waals surface area contributed by atoms with Crippen LogP contribution in [0.4, 0.5) is 5.82 Å². The van der Waals surface area contributed by atoms with Crippen molar-refractivity contribution >= 4 is 33.7 Å². The van der Waals surface area contributed by atoms with E-state index in [1.165, 1.54) is 12.1 Å². The van der Waals surface area contributed by atoms with E-state index in [0.717, 1.165) is 25.9 Å². The van der Waals surface area contributed by atoms with Crippen LogP contribution in [0.3, 0.4) is 0 Å². The number of aromatic carboxylic acids is 2. The smallest absolute Gasteiger partial charge is 0.374 e. The van der Waals surface area contributed by atoms with Gasteiger partial charge in [0.05, 0.1) is 0 Å². The molecule has 0 saturated carbocycles. The van der Waals surface area contributed by atoms with E-state index in [0.29, 0.717) is 10.4 Å². The largest absolute Gasteiger partial charge is 0.475 e. The molecule has 0 atom stereocenters. The Balaban J connectivity index is 0.000000172. The molecule has 0 bridgehead atoms. The van der Waals surface area contributed by atoms with Crippen molar-refractivity contribution < 1.29 is 28.8 Å². The number of hydrogen-bond donors (Lipinski definition) is 2. The summed E-state index contributed by atoms with van der Waals surface area (Å²) in [5.74, 6) is -1.81. The van der Waals surface area contributed by atoms with E-state index in [-0.39, 0.29) is 11.5 Å². The fourth-order valence-electron chi connectivity index (χ4n) is 1.82. The summed E-state index contributed by atoms with van der Waals surface area (Å²) >= 11 is 2.93. The first-order chi connectivity index (χ1) is 10.5. The summed E-state index contributed by atoms with van der Waals surface area (Å²) in [6.45, 7) is 1.87. The van der Waals surface area contributed by atoms with Gasteiger partial charge in [-0.1, -0.05) is 10.3 Å². The van der Waals surface area contributed by atoms with E-state index in [4.69, 9.17) is 10.2 Å². The lowest BCUT2D eigenvalue weighted by Gasteiger charge is -2.11. The second kappa shape index (κ2) is 7.07. The van der Waals surface area contributed by atoms with Gasteiger partial charge in [-0.25, -0.2) is 9.59 Å². The van der Waals surface area contributed by atoms with Crippen LogP contribution in [0.5, 0.6) is 0 Å². The summed E-state index contributed by atoms with van der Waals surface area (Å²) in [6, 6.07) is 2.75. The molecule has 1 saturated heterocycles. The third-order valence-corrected chi connectivity index (χ3v) is 3.20. The van der Waals surface area contributed by atoms with Crippen LogP contribution in [0.15, 0.2) is 25.8 Å². The minimum atomic E-state index is -1.12. The number of halogens is 1. The number of nitrogens with zero attached hydrogens (tertiary/aromatic N) is 3. The van der Waals surface area contributed by atoms with Crippen molar-refractivity contribution in [2.45, 2.75) is 12.8 Å². The Kier molecular flexibility index (Phi) is 5.15. The van der Waals surface area contributed by atoms with E-state index in [1.54, 1.807) is 0 Å². The maximum atomic E-state index is 10.5. The maximum Gasteiger partial charge on any atom is 0.374 e. The van der Waals surface area contributed by atoms with Gasteiger partial charge in [0.1, 0.15) is 4.60 Å². The summed E-state index contributed by atoms with van der Waals surface area (Å²) in [7, 11) is 0. The molecule has 1 fully saturated rings. The van der Waals surface area contributed by atoms with Gasteiger partial charge in [-0.15, -0.1) is 0 Å². The van der Waals surface area contributed by atoms with Crippen molar-refractivity contribution in [1.29, 1.82) is 0 Å². The van der Waals surface area contributed by atoms with Gasteiger partial charge in [0, 0.05) is 25.2 Å². The normalized spacial score (nSPS) is 13.6. The fourth-order valence-corrected chi connectivity index (χ4v) is 2.10. The lowest BCUT2D eigenvalue weighted by molar-refractivity contribution is 0.0642. The Hall–Kier alpha value is -2.36. The molecule has 2 N–H and O–H groups in total. The van der Waals surface area contributed by atoms with E-state index in [9.17, 15) is 9.59 Å². The lowest BCUT2D eigenvalue weighted by Crippen LogP contribution is -2.17. The zero-order chi connectivity index (χ0) is 16.1. The summed E-state index contributed by atoms with van der Waals surface area (Å²) in [4.78, 5) is 22.6. The third-order valence-electron chi connectivity index (χ3n) is 2.83. The predicted octanol–water partition coefficient (Wildman–Crippen LogP) is 2.11. The standard InChI is InChI=1S/C8H10N2O3.C4H2BrNO3/c11-8(12)6-5-7(9-13-6)10-3-1-2-4-10;5-3-1-2(4(7)8)9-6-3/h5H,1-4H2,(H,11,12);1H,(H,7,8). The molecule has 2 aromatic heterocycles. The molecule has 3 rings (SSSR count). The predicted molar refractivity (Wildman–Crippen MR) is 76.1 cm³/mol. The highest BCUT2D eigenvalue weighted by molar-refractivity contribution is 9.10. The molecule has 22 heavy (non-hydrogen) atoms. The molecular formula is C12H12BrN3O6. The van der Waals surface area contributed by atoms with E-state index < -0.39 is 11.9 Å². The molecule has 9 nitrogen and oxygen atoms in total. The number of anilines is 1. The first-order valence-electron chi connectivity index (χ1n) is 6.28. The van der Waals surface area contributed by atoms with Crippen molar-refractivity contribution in [2.24, 2.45) is 0 Å². The molecule has 2 aromatic rings. The summed E-state index contributed by atoms with van der Waals surface area (Å²) in [5, 5.41) is 23.8. The average molecular weight is 374 g/mol. The highest BCUT2D eigenvalue weighted by atomic mass is 79.9. The first kappa shape index (κ1) is 16.0. The van der Waals surface area contributed by atoms with E-state index in [2.05, 4.69) is 35.3 Å². The summed E-state index contributed by atoms with van der Waals surface area (Å²) < 4.78 is 9.37. The molecule has 0 aromatic carbocycles. The van der Waals surface area contributed by atoms with Gasteiger partial charge in [-0.3, -0.25) is 0 Å². The molecule has 0 aliphatic carbocycles. The zero-order valence-electron chi connectivity index (χ0n) is 11.2. The van der Waals surface area contributed by atoms with Crippen LogP contribution in [0.1, 0.15) is 34.0 Å². The monoisotopic (exact) mass is 373 g/mol. The average Bonchev–Trinajstić information content (AvgIpc) is 3.20. The summed E-state index contributed by atoms with van der Waals surface area (Å²) in [6.07, 6.45) is 2.27. The minimum absolute atomic E-state index is 0.0955. The number of rotatable bonds is 3. The fraction of sp³-hybridized carbons (Fsp3) is 0.333. The number of aromatic nitrogens is 2. The Morgan fingerprint density at radius 2 is 1.59 bits per heavy atom. The highest BCUT2D eigenvalue weighted by Gasteiger charge is 2.18. The van der Waals surface area contributed by atoms with E-state index >= 15 is 0 Å². The molecule has 0 spiro atoms. The topological polar surface area (TPSA) is 130 Å². The van der Waals surface area contributed by atoms with Gasteiger partial charge >= 0.3 is 11.9 Å². The van der Waals surface area contributed by atoms with Crippen molar-refractivity contribution in [3.8, 4) is 0 Å². The van der Waals surface area contributed by atoms with Crippen molar-refractivity contribution in [3.63, 3.8) is 0 Å². The quantitative estimate of drug-likeness (QED) is 0.829. The molecule has 3 heterocycles. The van der Waals surface area contributed by atoms with Gasteiger partial charge in [0.15, 0.2) is 5.82 Å². The SMILES string of the molecule is O=C(O)c1cc(Br)no1.O=C(O)c1cc(N2CCCC2)no1. The Labute approximate surface area is 132 Å². The van der Waals surface area contributed by atoms with E-state index in [1.807, 2.05) is 4.90 Å². The Morgan fingerprint density at radius 3 is 2.00 bits per heavy atom. The Morgan fingerprint density at radius 1 is 1.05 bits per heavy atom. The zero-order valence-corrected chi connectivity index (χ0v) is 12.8. The number of hydrogen-bond acceptors (Lipinski definition) is 7. The van der Waals surface area contributed by atoms with Crippen LogP contribution in [-0.2, 0) is 0 Å². The van der Waals surface area contributed by atoms with Crippen LogP contribution in [-0.4, -0.2) is 45.6 Å². The first-order valence-corrected chi connectivity index (χ1v) is 7.07. The van der Waals surface area contributed by atoms with Gasteiger partial charge in [0.25, 0.3) is 0 Å². The van der Waals surface area contributed by atoms with Crippen LogP contribution in [0.2, 0.25) is 0 Å². The molecule has 10 heteroatoms. The third kappa shape index (κ3) is 4.07. The molecule has 1 aliphatic heterocycles. The van der Waals surface area contributed by atoms with Crippen LogP contribution >= 0.6 is 15.9 Å². The van der Waals surface area contributed by atoms with Gasteiger partial charge < -0.3 is 24.2 Å². The Bertz CT molecular complexity index is 661. The van der Waals surface area contributed by atoms with Gasteiger partial charge in [-0.2, -0.15) is 0 Å². The molecule has 118 valence electrons. The minimum Gasteiger partial charge on any atom is -0.475 e. The number of carboxylic acid groups (broad SMARTS) is 2. The van der Waals surface area contributed by atoms with Crippen LogP contribution < -0.4 is 4.90 Å². The van der Waals surface area contributed by atoms with Crippen LogP contribution in [0, 0.1) is 0 Å². The second-order valence-corrected chi connectivity index (χ2v) is 5.18. The van der Waals surface area contributed by atoms with Crippen molar-refractivity contribution in [1.82, 2.24) is 10.3 Å². The molecule has 0 amide bonds. The van der Waals surface area contributed by atoms with Crippen LogP contribution in [0.25, 0.3) is 0 Å². The molecule has 0 radical (unpaired) electrons. The highest BCUT2D eigenvalue weighted by Crippen LogP contribution is 2.19. The van der Waals surface area contributed by atoms with Gasteiger partial charge in [0.2, 0.25) is 11.5 Å².